The Bertz CT molecular complexity index is 818. The molecule has 0 amide bonds. The minimum absolute atomic E-state index is 0.0620. The molecule has 2 rings (SSSR count). The second kappa shape index (κ2) is 8.67. The normalized spacial score (nSPS) is 14.4. The summed E-state index contributed by atoms with van der Waals surface area (Å²) in [4.78, 5) is 24.5. The number of aliphatic hydroxyl groups is 1. The van der Waals surface area contributed by atoms with E-state index in [-0.39, 0.29) is 17.7 Å². The van der Waals surface area contributed by atoms with Gasteiger partial charge in [0.05, 0.1) is 25.3 Å². The monoisotopic (exact) mass is 438 g/mol. The molecule has 7 nitrogen and oxygen atoms in total. The van der Waals surface area contributed by atoms with Crippen LogP contribution in [0.25, 0.3) is 0 Å². The number of nitrogens with zero attached hydrogens (tertiary/aromatic N) is 2. The first-order valence-electron chi connectivity index (χ1n) is 8.62. The number of Topliss-reactive ketones (excluding diaryl/α,β-unsaturated/α-hetero) is 1. The van der Waals surface area contributed by atoms with Gasteiger partial charge < -0.3 is 14.9 Å². The van der Waals surface area contributed by atoms with Crippen LogP contribution in [0.5, 0.6) is 5.75 Å². The van der Waals surface area contributed by atoms with Gasteiger partial charge in [-0.05, 0) is 30.5 Å². The number of carbonyl (C=O) groups is 2. The van der Waals surface area contributed by atoms with Gasteiger partial charge in [0, 0.05) is 6.20 Å². The van der Waals surface area contributed by atoms with E-state index in [2.05, 4.69) is 21.0 Å². The van der Waals surface area contributed by atoms with E-state index in [9.17, 15) is 19.8 Å². The Kier molecular flexibility index (Phi) is 6.78. The van der Waals surface area contributed by atoms with Crippen molar-refractivity contribution in [2.24, 2.45) is 0 Å². The summed E-state index contributed by atoms with van der Waals surface area (Å²) in [7, 11) is 1.58. The van der Waals surface area contributed by atoms with Crippen LogP contribution >= 0.6 is 15.9 Å². The number of aliphatic hydroxyl groups excluding tert-OH is 1. The van der Waals surface area contributed by atoms with E-state index >= 15 is 0 Å². The van der Waals surface area contributed by atoms with Crippen LogP contribution in [-0.2, 0) is 11.3 Å². The van der Waals surface area contributed by atoms with Gasteiger partial charge in [-0.25, -0.2) is 0 Å². The lowest BCUT2D eigenvalue weighted by molar-refractivity contribution is -0.138. The molecule has 0 saturated heterocycles. The zero-order chi connectivity index (χ0) is 20.2. The number of aromatic nitrogens is 2. The molecular weight excluding hydrogens is 416 g/mol. The van der Waals surface area contributed by atoms with Crippen molar-refractivity contribution in [1.82, 2.24) is 9.78 Å². The fourth-order valence-corrected chi connectivity index (χ4v) is 2.89. The maximum absolute atomic E-state index is 12.9. The number of carbonyl (C=O) groups excluding carboxylic acids is 1. The summed E-state index contributed by atoms with van der Waals surface area (Å²) < 4.78 is 4.92. The van der Waals surface area contributed by atoms with Crippen LogP contribution in [-0.4, -0.2) is 43.2 Å². The van der Waals surface area contributed by atoms with Crippen LogP contribution in [0.1, 0.15) is 54.4 Å². The fraction of sp³-hybridized carbons (Fsp3) is 0.421. The third-order valence-electron chi connectivity index (χ3n) is 4.43. The van der Waals surface area contributed by atoms with Crippen molar-refractivity contribution in [3.63, 3.8) is 0 Å². The van der Waals surface area contributed by atoms with Gasteiger partial charge in [-0.3, -0.25) is 14.3 Å². The Morgan fingerprint density at radius 1 is 1.30 bits per heavy atom. The Hall–Kier alpha value is -2.19. The molecule has 2 aromatic rings. The number of ketones is 1. The van der Waals surface area contributed by atoms with Crippen LogP contribution in [0, 0.1) is 0 Å². The summed E-state index contributed by atoms with van der Waals surface area (Å²) >= 11 is 3.07. The topological polar surface area (TPSA) is 102 Å². The molecule has 2 N–H and O–H groups in total. The molecule has 2 atom stereocenters. The molecule has 0 spiro atoms. The summed E-state index contributed by atoms with van der Waals surface area (Å²) in [5.41, 5.74) is 1.22. The molecule has 146 valence electrons. The quantitative estimate of drug-likeness (QED) is 0.354. The number of alkyl halides is 1. The summed E-state index contributed by atoms with van der Waals surface area (Å²) in [5.74, 6) is -1.17. The SMILES string of the molecule is CCC(O)c1nn(Cc2ccc(OC)cc2)cc1C(=O)C(Br)(CC)C(=O)O. The lowest BCUT2D eigenvalue weighted by Crippen LogP contribution is -2.40. The number of halogens is 1. The number of carboxylic acid groups (broad SMARTS) is 1. The molecule has 0 bridgehead atoms. The van der Waals surface area contributed by atoms with Gasteiger partial charge >= 0.3 is 5.97 Å². The molecule has 1 aromatic carbocycles. The molecule has 1 aromatic heterocycles. The van der Waals surface area contributed by atoms with Crippen molar-refractivity contribution >= 4 is 27.7 Å². The highest BCUT2D eigenvalue weighted by molar-refractivity contribution is 9.10. The first-order chi connectivity index (χ1) is 12.8. The number of hydrogen-bond acceptors (Lipinski definition) is 5. The first-order valence-corrected chi connectivity index (χ1v) is 9.41. The van der Waals surface area contributed by atoms with Crippen molar-refractivity contribution in [2.45, 2.75) is 43.7 Å². The number of methoxy groups -OCH3 is 1. The van der Waals surface area contributed by atoms with Crippen LogP contribution < -0.4 is 4.74 Å². The summed E-state index contributed by atoms with van der Waals surface area (Å²) in [5, 5.41) is 24.1. The van der Waals surface area contributed by atoms with Crippen molar-refractivity contribution in [3.8, 4) is 5.75 Å². The smallest absolute Gasteiger partial charge is 0.328 e. The number of benzene rings is 1. The number of ether oxygens (including phenoxy) is 1. The number of hydrogen-bond donors (Lipinski definition) is 2. The second-order valence-corrected chi connectivity index (χ2v) is 7.54. The maximum atomic E-state index is 12.9. The number of aliphatic carboxylic acids is 1. The van der Waals surface area contributed by atoms with E-state index in [1.165, 1.54) is 10.9 Å². The van der Waals surface area contributed by atoms with Gasteiger partial charge in [0.25, 0.3) is 0 Å². The third kappa shape index (κ3) is 4.39. The van der Waals surface area contributed by atoms with Gasteiger partial charge in [-0.1, -0.05) is 41.9 Å². The number of carboxylic acids is 1. The van der Waals surface area contributed by atoms with Crippen molar-refractivity contribution in [2.75, 3.05) is 7.11 Å². The van der Waals surface area contributed by atoms with Crippen LogP contribution in [0.3, 0.4) is 0 Å². The zero-order valence-electron chi connectivity index (χ0n) is 15.5. The lowest BCUT2D eigenvalue weighted by atomic mass is 9.94. The Balaban J connectivity index is 2.41. The first kappa shape index (κ1) is 21.1. The van der Waals surface area contributed by atoms with E-state index in [1.54, 1.807) is 21.0 Å². The molecule has 27 heavy (non-hydrogen) atoms. The van der Waals surface area contributed by atoms with Gasteiger partial charge in [0.2, 0.25) is 0 Å². The predicted octanol–water partition coefficient (Wildman–Crippen LogP) is 3.19. The van der Waals surface area contributed by atoms with Crippen molar-refractivity contribution in [1.29, 1.82) is 0 Å². The molecule has 8 heteroatoms. The molecular formula is C19H23BrN2O5. The van der Waals surface area contributed by atoms with Gasteiger partial charge in [0.1, 0.15) is 11.4 Å². The minimum atomic E-state index is -1.75. The van der Waals surface area contributed by atoms with Gasteiger partial charge in [-0.2, -0.15) is 5.10 Å². The second-order valence-electron chi connectivity index (χ2n) is 6.19. The average molecular weight is 439 g/mol. The van der Waals surface area contributed by atoms with E-state index in [4.69, 9.17) is 4.74 Å². The predicted molar refractivity (Wildman–Crippen MR) is 103 cm³/mol. The van der Waals surface area contributed by atoms with Gasteiger partial charge in [0.15, 0.2) is 10.1 Å². The number of rotatable bonds is 9. The third-order valence-corrected chi connectivity index (χ3v) is 5.69. The molecule has 0 aliphatic carbocycles. The maximum Gasteiger partial charge on any atom is 0.328 e. The Morgan fingerprint density at radius 2 is 1.93 bits per heavy atom. The zero-order valence-corrected chi connectivity index (χ0v) is 17.1. The van der Waals surface area contributed by atoms with E-state index in [0.29, 0.717) is 13.0 Å². The largest absolute Gasteiger partial charge is 0.497 e. The highest BCUT2D eigenvalue weighted by Gasteiger charge is 2.44. The molecule has 0 fully saturated rings. The lowest BCUT2D eigenvalue weighted by Gasteiger charge is -2.19. The van der Waals surface area contributed by atoms with Crippen molar-refractivity contribution < 1.29 is 24.5 Å². The van der Waals surface area contributed by atoms with E-state index in [1.807, 2.05) is 24.3 Å². The van der Waals surface area contributed by atoms with Crippen LogP contribution in [0.15, 0.2) is 30.5 Å². The molecule has 1 heterocycles. The molecule has 2 unspecified atom stereocenters. The van der Waals surface area contributed by atoms with Crippen LogP contribution in [0.2, 0.25) is 0 Å². The van der Waals surface area contributed by atoms with Gasteiger partial charge in [-0.15, -0.1) is 0 Å². The highest BCUT2D eigenvalue weighted by atomic mass is 79.9. The summed E-state index contributed by atoms with van der Waals surface area (Å²) in [6.07, 6.45) is 0.958. The average Bonchev–Trinajstić information content (AvgIpc) is 3.10. The van der Waals surface area contributed by atoms with E-state index < -0.39 is 22.2 Å². The Labute approximate surface area is 166 Å². The molecule has 0 saturated carbocycles. The van der Waals surface area contributed by atoms with Crippen LogP contribution in [0.4, 0.5) is 0 Å². The minimum Gasteiger partial charge on any atom is -0.497 e. The fourth-order valence-electron chi connectivity index (χ4n) is 2.67. The molecule has 0 aliphatic heterocycles. The molecule has 0 radical (unpaired) electrons. The highest BCUT2D eigenvalue weighted by Crippen LogP contribution is 2.31. The van der Waals surface area contributed by atoms with E-state index in [0.717, 1.165) is 11.3 Å². The van der Waals surface area contributed by atoms with Crippen molar-refractivity contribution in [3.05, 3.63) is 47.3 Å². The Morgan fingerprint density at radius 3 is 2.41 bits per heavy atom. The molecule has 0 aliphatic rings. The summed E-state index contributed by atoms with van der Waals surface area (Å²) in [6.45, 7) is 3.74. The standard InChI is InChI=1S/C19H23BrN2O5/c1-4-15(23)16-14(17(24)19(20,5-2)18(25)26)11-22(21-16)10-12-6-8-13(27-3)9-7-12/h6-9,11,15,23H,4-5,10H2,1-3H3,(H,25,26). The summed E-state index contributed by atoms with van der Waals surface area (Å²) in [6, 6.07) is 7.38.